The normalized spacial score (nSPS) is 10.4. The van der Waals surface area contributed by atoms with Crippen molar-refractivity contribution in [3.05, 3.63) is 59.2 Å². The summed E-state index contributed by atoms with van der Waals surface area (Å²) in [5.74, 6) is -0.108. The fourth-order valence-electron chi connectivity index (χ4n) is 2.39. The Labute approximate surface area is 131 Å². The summed E-state index contributed by atoms with van der Waals surface area (Å²) < 4.78 is 0. The number of likely N-dealkylation sites (N-methyl/N-ethyl adjacent to an activating group) is 1. The van der Waals surface area contributed by atoms with Crippen LogP contribution in [0.1, 0.15) is 21.5 Å². The van der Waals surface area contributed by atoms with Crippen molar-refractivity contribution in [3.8, 4) is 0 Å². The molecule has 4 nitrogen and oxygen atoms in total. The van der Waals surface area contributed by atoms with Gasteiger partial charge in [0.15, 0.2) is 0 Å². The predicted molar refractivity (Wildman–Crippen MR) is 90.7 cm³/mol. The highest BCUT2D eigenvalue weighted by atomic mass is 16.3. The molecule has 0 saturated carbocycles. The number of aryl methyl sites for hydroxylation is 2. The summed E-state index contributed by atoms with van der Waals surface area (Å²) in [4.78, 5) is 14.2. The Balaban J connectivity index is 2.08. The number of benzene rings is 2. The number of carbonyl (C=O) groups is 1. The van der Waals surface area contributed by atoms with E-state index in [4.69, 9.17) is 5.11 Å². The second kappa shape index (κ2) is 7.09. The summed E-state index contributed by atoms with van der Waals surface area (Å²) in [5.41, 5.74) is 4.57. The molecule has 0 radical (unpaired) electrons. The van der Waals surface area contributed by atoms with Crippen LogP contribution in [0, 0.1) is 13.8 Å². The molecule has 2 N–H and O–H groups in total. The zero-order valence-electron chi connectivity index (χ0n) is 13.3. The molecule has 0 aliphatic heterocycles. The maximum atomic E-state index is 12.3. The highest BCUT2D eigenvalue weighted by molar-refractivity contribution is 6.04. The van der Waals surface area contributed by atoms with E-state index in [1.54, 1.807) is 0 Å². The van der Waals surface area contributed by atoms with Crippen LogP contribution in [0.25, 0.3) is 0 Å². The van der Waals surface area contributed by atoms with Gasteiger partial charge in [-0.3, -0.25) is 4.79 Å². The van der Waals surface area contributed by atoms with Crippen LogP contribution >= 0.6 is 0 Å². The van der Waals surface area contributed by atoms with Gasteiger partial charge in [0, 0.05) is 30.5 Å². The van der Waals surface area contributed by atoms with Crippen LogP contribution in [-0.2, 0) is 0 Å². The Morgan fingerprint density at radius 1 is 1.09 bits per heavy atom. The van der Waals surface area contributed by atoms with Crippen molar-refractivity contribution in [2.24, 2.45) is 0 Å². The van der Waals surface area contributed by atoms with Crippen LogP contribution in [0.5, 0.6) is 0 Å². The summed E-state index contributed by atoms with van der Waals surface area (Å²) in [7, 11) is 1.92. The van der Waals surface area contributed by atoms with Gasteiger partial charge in [-0.15, -0.1) is 0 Å². The summed E-state index contributed by atoms with van der Waals surface area (Å²) in [6.07, 6.45) is 0. The lowest BCUT2D eigenvalue weighted by Crippen LogP contribution is -2.21. The van der Waals surface area contributed by atoms with E-state index in [0.717, 1.165) is 22.5 Å². The first-order valence-electron chi connectivity index (χ1n) is 7.31. The summed E-state index contributed by atoms with van der Waals surface area (Å²) in [6, 6.07) is 13.4. The Morgan fingerprint density at radius 2 is 1.68 bits per heavy atom. The third-order valence-electron chi connectivity index (χ3n) is 3.49. The maximum Gasteiger partial charge on any atom is 0.255 e. The number of nitrogens with zero attached hydrogens (tertiary/aromatic N) is 1. The van der Waals surface area contributed by atoms with Crippen LogP contribution in [0.4, 0.5) is 11.4 Å². The fourth-order valence-corrected chi connectivity index (χ4v) is 2.39. The zero-order valence-corrected chi connectivity index (χ0v) is 13.3. The molecule has 4 heteroatoms. The zero-order chi connectivity index (χ0) is 16.1. The molecule has 0 unspecified atom stereocenters. The molecule has 0 atom stereocenters. The van der Waals surface area contributed by atoms with Gasteiger partial charge in [0.2, 0.25) is 0 Å². The van der Waals surface area contributed by atoms with Gasteiger partial charge in [-0.1, -0.05) is 17.2 Å². The Bertz CT molecular complexity index is 630. The number of amides is 1. The molecule has 0 saturated heterocycles. The quantitative estimate of drug-likeness (QED) is 0.892. The molecule has 2 aromatic carbocycles. The highest BCUT2D eigenvalue weighted by Gasteiger charge is 2.08. The van der Waals surface area contributed by atoms with Gasteiger partial charge in [-0.25, -0.2) is 0 Å². The van der Waals surface area contributed by atoms with E-state index in [1.165, 1.54) is 0 Å². The Morgan fingerprint density at radius 3 is 2.23 bits per heavy atom. The van der Waals surface area contributed by atoms with Gasteiger partial charge < -0.3 is 15.3 Å². The molecule has 0 bridgehead atoms. The molecule has 0 aromatic heterocycles. The molecule has 0 heterocycles. The van der Waals surface area contributed by atoms with Gasteiger partial charge in [-0.2, -0.15) is 0 Å². The molecule has 0 aliphatic rings. The van der Waals surface area contributed by atoms with E-state index >= 15 is 0 Å². The summed E-state index contributed by atoms with van der Waals surface area (Å²) in [5, 5.41) is 11.8. The molecule has 2 rings (SSSR count). The fraction of sp³-hybridized carbons (Fsp3) is 0.278. The molecule has 2 aromatic rings. The van der Waals surface area contributed by atoms with Crippen molar-refractivity contribution in [2.45, 2.75) is 13.8 Å². The number of anilines is 2. The van der Waals surface area contributed by atoms with Gasteiger partial charge >= 0.3 is 0 Å². The van der Waals surface area contributed by atoms with E-state index in [0.29, 0.717) is 12.1 Å². The van der Waals surface area contributed by atoms with Gasteiger partial charge in [0.25, 0.3) is 5.91 Å². The number of aliphatic hydroxyl groups is 1. The second-order valence-corrected chi connectivity index (χ2v) is 5.52. The van der Waals surface area contributed by atoms with Crippen LogP contribution in [0.3, 0.4) is 0 Å². The van der Waals surface area contributed by atoms with Crippen molar-refractivity contribution >= 4 is 17.3 Å². The number of hydrogen-bond donors (Lipinski definition) is 2. The topological polar surface area (TPSA) is 52.6 Å². The van der Waals surface area contributed by atoms with Crippen molar-refractivity contribution in [1.82, 2.24) is 0 Å². The summed E-state index contributed by atoms with van der Waals surface area (Å²) >= 11 is 0. The molecule has 0 spiro atoms. The van der Waals surface area contributed by atoms with Crippen LogP contribution in [-0.4, -0.2) is 31.2 Å². The predicted octanol–water partition coefficient (Wildman–Crippen LogP) is 2.98. The van der Waals surface area contributed by atoms with E-state index in [2.05, 4.69) is 5.32 Å². The molecule has 0 aliphatic carbocycles. The molecular weight excluding hydrogens is 276 g/mol. The summed E-state index contributed by atoms with van der Waals surface area (Å²) in [6.45, 7) is 4.65. The average Bonchev–Trinajstić information content (AvgIpc) is 2.47. The van der Waals surface area contributed by atoms with E-state index in [9.17, 15) is 4.79 Å². The third-order valence-corrected chi connectivity index (χ3v) is 3.49. The number of aliphatic hydroxyl groups excluding tert-OH is 1. The van der Waals surface area contributed by atoms with E-state index in [1.807, 2.05) is 68.3 Å². The number of nitrogens with one attached hydrogen (secondary N) is 1. The lowest BCUT2D eigenvalue weighted by atomic mass is 10.1. The van der Waals surface area contributed by atoms with Crippen molar-refractivity contribution in [1.29, 1.82) is 0 Å². The average molecular weight is 298 g/mol. The van der Waals surface area contributed by atoms with E-state index < -0.39 is 0 Å². The van der Waals surface area contributed by atoms with Crippen LogP contribution in [0.2, 0.25) is 0 Å². The first-order valence-corrected chi connectivity index (χ1v) is 7.31. The Hall–Kier alpha value is -2.33. The second-order valence-electron chi connectivity index (χ2n) is 5.52. The lowest BCUT2D eigenvalue weighted by molar-refractivity contribution is 0.102. The highest BCUT2D eigenvalue weighted by Crippen LogP contribution is 2.18. The minimum absolute atomic E-state index is 0.108. The van der Waals surface area contributed by atoms with E-state index in [-0.39, 0.29) is 12.5 Å². The monoisotopic (exact) mass is 298 g/mol. The lowest BCUT2D eigenvalue weighted by Gasteiger charge is -2.18. The maximum absolute atomic E-state index is 12.3. The van der Waals surface area contributed by atoms with Crippen LogP contribution in [0.15, 0.2) is 42.5 Å². The van der Waals surface area contributed by atoms with Crippen LogP contribution < -0.4 is 10.2 Å². The third kappa shape index (κ3) is 4.09. The van der Waals surface area contributed by atoms with Gasteiger partial charge in [-0.05, 0) is 50.2 Å². The Kier molecular flexibility index (Phi) is 5.17. The smallest absolute Gasteiger partial charge is 0.255 e. The molecule has 22 heavy (non-hydrogen) atoms. The molecule has 1 amide bonds. The molecule has 116 valence electrons. The molecule has 0 fully saturated rings. The first-order chi connectivity index (χ1) is 10.5. The minimum Gasteiger partial charge on any atom is -0.395 e. The SMILES string of the molecule is Cc1cc(C)cc(C(=O)Nc2ccc(N(C)CCO)cc2)c1. The van der Waals surface area contributed by atoms with Crippen molar-refractivity contribution < 1.29 is 9.90 Å². The largest absolute Gasteiger partial charge is 0.395 e. The first kappa shape index (κ1) is 16.0. The van der Waals surface area contributed by atoms with Crippen molar-refractivity contribution in [2.75, 3.05) is 30.4 Å². The van der Waals surface area contributed by atoms with Crippen molar-refractivity contribution in [3.63, 3.8) is 0 Å². The number of carbonyl (C=O) groups excluding carboxylic acids is 1. The van der Waals surface area contributed by atoms with Gasteiger partial charge in [0.1, 0.15) is 0 Å². The standard InChI is InChI=1S/C18H22N2O2/c1-13-10-14(2)12-15(11-13)18(22)19-16-4-6-17(7-5-16)20(3)8-9-21/h4-7,10-12,21H,8-9H2,1-3H3,(H,19,22). The van der Waals surface area contributed by atoms with Gasteiger partial charge in [0.05, 0.1) is 6.61 Å². The number of hydrogen-bond acceptors (Lipinski definition) is 3. The number of rotatable bonds is 5. The molecular formula is C18H22N2O2. The minimum atomic E-state index is -0.108.